The van der Waals surface area contributed by atoms with Crippen molar-refractivity contribution in [1.82, 2.24) is 4.90 Å². The first-order valence-corrected chi connectivity index (χ1v) is 5.41. The van der Waals surface area contributed by atoms with Crippen LogP contribution in [-0.2, 0) is 9.63 Å². The number of likely N-dealkylation sites (tertiary alicyclic amines) is 1. The standard InChI is InChI=1S/C10H20N2O2/c1-2-3-6-10(13)12-7-4-5-9(8-12)14-11/h9H,2-8,11H2,1H3. The lowest BCUT2D eigenvalue weighted by Crippen LogP contribution is -2.43. The molecule has 0 bridgehead atoms. The van der Waals surface area contributed by atoms with Gasteiger partial charge in [-0.05, 0) is 19.3 Å². The van der Waals surface area contributed by atoms with E-state index in [1.165, 1.54) is 0 Å². The van der Waals surface area contributed by atoms with Gasteiger partial charge in [-0.3, -0.25) is 9.63 Å². The lowest BCUT2D eigenvalue weighted by Gasteiger charge is -2.31. The van der Waals surface area contributed by atoms with Crippen LogP contribution < -0.4 is 5.90 Å². The number of hydrogen-bond acceptors (Lipinski definition) is 3. The van der Waals surface area contributed by atoms with E-state index in [-0.39, 0.29) is 12.0 Å². The van der Waals surface area contributed by atoms with Gasteiger partial charge in [-0.2, -0.15) is 0 Å². The highest BCUT2D eigenvalue weighted by atomic mass is 16.6. The van der Waals surface area contributed by atoms with Crippen molar-refractivity contribution in [3.8, 4) is 0 Å². The highest BCUT2D eigenvalue weighted by Crippen LogP contribution is 2.13. The summed E-state index contributed by atoms with van der Waals surface area (Å²) in [5.41, 5.74) is 0. The number of carbonyl (C=O) groups excluding carboxylic acids is 1. The molecule has 0 saturated carbocycles. The predicted octanol–water partition coefficient (Wildman–Crippen LogP) is 1.06. The van der Waals surface area contributed by atoms with Crippen molar-refractivity contribution >= 4 is 5.91 Å². The van der Waals surface area contributed by atoms with E-state index in [9.17, 15) is 4.79 Å². The minimum atomic E-state index is 0.0364. The van der Waals surface area contributed by atoms with E-state index in [0.717, 1.165) is 32.2 Å². The van der Waals surface area contributed by atoms with Gasteiger partial charge in [-0.25, -0.2) is 5.90 Å². The van der Waals surface area contributed by atoms with E-state index >= 15 is 0 Å². The molecule has 1 aliphatic heterocycles. The molecule has 14 heavy (non-hydrogen) atoms. The van der Waals surface area contributed by atoms with Crippen LogP contribution in [0.2, 0.25) is 0 Å². The molecule has 1 aliphatic rings. The summed E-state index contributed by atoms with van der Waals surface area (Å²) in [5, 5.41) is 0. The minimum absolute atomic E-state index is 0.0364. The van der Waals surface area contributed by atoms with Crippen LogP contribution in [0.4, 0.5) is 0 Å². The number of nitrogens with zero attached hydrogens (tertiary/aromatic N) is 1. The van der Waals surface area contributed by atoms with Gasteiger partial charge in [-0.1, -0.05) is 13.3 Å². The SMILES string of the molecule is CCCCC(=O)N1CCCC(ON)C1. The molecule has 4 nitrogen and oxygen atoms in total. The smallest absolute Gasteiger partial charge is 0.222 e. The molecule has 1 fully saturated rings. The molecule has 0 spiro atoms. The first-order valence-electron chi connectivity index (χ1n) is 5.41. The molecule has 1 rings (SSSR count). The zero-order valence-corrected chi connectivity index (χ0v) is 8.87. The average molecular weight is 200 g/mol. The van der Waals surface area contributed by atoms with Gasteiger partial charge in [0.2, 0.25) is 5.91 Å². The van der Waals surface area contributed by atoms with Gasteiger partial charge in [0, 0.05) is 19.5 Å². The van der Waals surface area contributed by atoms with Crippen molar-refractivity contribution in [2.24, 2.45) is 5.90 Å². The third-order valence-corrected chi connectivity index (χ3v) is 2.67. The van der Waals surface area contributed by atoms with Crippen LogP contribution in [0, 0.1) is 0 Å². The van der Waals surface area contributed by atoms with Gasteiger partial charge < -0.3 is 4.90 Å². The van der Waals surface area contributed by atoms with Crippen molar-refractivity contribution in [2.45, 2.75) is 45.1 Å². The van der Waals surface area contributed by atoms with Crippen LogP contribution in [0.15, 0.2) is 0 Å². The molecular formula is C10H20N2O2. The van der Waals surface area contributed by atoms with Crippen LogP contribution in [0.5, 0.6) is 0 Å². The maximum atomic E-state index is 11.6. The van der Waals surface area contributed by atoms with Crippen LogP contribution >= 0.6 is 0 Å². The summed E-state index contributed by atoms with van der Waals surface area (Å²) in [6.45, 7) is 3.62. The Morgan fingerprint density at radius 3 is 3.07 bits per heavy atom. The fourth-order valence-electron chi connectivity index (χ4n) is 1.76. The van der Waals surface area contributed by atoms with Crippen molar-refractivity contribution < 1.29 is 9.63 Å². The van der Waals surface area contributed by atoms with E-state index < -0.39 is 0 Å². The summed E-state index contributed by atoms with van der Waals surface area (Å²) in [6, 6.07) is 0. The average Bonchev–Trinajstić information content (AvgIpc) is 2.26. The summed E-state index contributed by atoms with van der Waals surface area (Å²) in [4.78, 5) is 18.3. The number of rotatable bonds is 4. The summed E-state index contributed by atoms with van der Waals surface area (Å²) in [6.07, 6.45) is 4.70. The molecule has 1 unspecified atom stereocenters. The van der Waals surface area contributed by atoms with E-state index in [4.69, 9.17) is 10.7 Å². The Kier molecular flexibility index (Phi) is 4.90. The van der Waals surface area contributed by atoms with Crippen molar-refractivity contribution in [3.05, 3.63) is 0 Å². The molecule has 0 aliphatic carbocycles. The third kappa shape index (κ3) is 3.27. The topological polar surface area (TPSA) is 55.6 Å². The predicted molar refractivity (Wildman–Crippen MR) is 54.4 cm³/mol. The van der Waals surface area contributed by atoms with Gasteiger partial charge in [0.15, 0.2) is 0 Å². The maximum Gasteiger partial charge on any atom is 0.222 e. The number of hydrogen-bond donors (Lipinski definition) is 1. The van der Waals surface area contributed by atoms with Crippen LogP contribution in [0.25, 0.3) is 0 Å². The monoisotopic (exact) mass is 200 g/mol. The Morgan fingerprint density at radius 1 is 1.64 bits per heavy atom. The van der Waals surface area contributed by atoms with Crippen LogP contribution in [0.1, 0.15) is 39.0 Å². The quantitative estimate of drug-likeness (QED) is 0.690. The Labute approximate surface area is 85.3 Å². The third-order valence-electron chi connectivity index (χ3n) is 2.67. The van der Waals surface area contributed by atoms with Gasteiger partial charge in [0.25, 0.3) is 0 Å². The number of piperidine rings is 1. The maximum absolute atomic E-state index is 11.6. The lowest BCUT2D eigenvalue weighted by atomic mass is 10.1. The summed E-state index contributed by atoms with van der Waals surface area (Å²) < 4.78 is 0. The second-order valence-electron chi connectivity index (χ2n) is 3.84. The van der Waals surface area contributed by atoms with Crippen molar-refractivity contribution in [2.75, 3.05) is 13.1 Å². The molecule has 1 amide bonds. The number of unbranched alkanes of at least 4 members (excludes halogenated alkanes) is 1. The molecule has 0 aromatic carbocycles. The van der Waals surface area contributed by atoms with Gasteiger partial charge >= 0.3 is 0 Å². The zero-order valence-electron chi connectivity index (χ0n) is 8.87. The molecular weight excluding hydrogens is 180 g/mol. The molecule has 4 heteroatoms. The molecule has 1 heterocycles. The molecule has 0 aromatic rings. The molecule has 82 valence electrons. The molecule has 0 radical (unpaired) electrons. The number of carbonyl (C=O) groups is 1. The Hall–Kier alpha value is -0.610. The Balaban J connectivity index is 2.31. The first-order chi connectivity index (χ1) is 6.77. The van der Waals surface area contributed by atoms with E-state index in [1.807, 2.05) is 4.90 Å². The molecule has 2 N–H and O–H groups in total. The van der Waals surface area contributed by atoms with Crippen molar-refractivity contribution in [1.29, 1.82) is 0 Å². The molecule has 0 aromatic heterocycles. The van der Waals surface area contributed by atoms with Gasteiger partial charge in [0.05, 0.1) is 6.10 Å². The highest BCUT2D eigenvalue weighted by molar-refractivity contribution is 5.76. The Morgan fingerprint density at radius 2 is 2.43 bits per heavy atom. The Bertz CT molecular complexity index is 185. The fourth-order valence-corrected chi connectivity index (χ4v) is 1.76. The normalized spacial score (nSPS) is 22.4. The number of amides is 1. The second-order valence-corrected chi connectivity index (χ2v) is 3.84. The molecule has 1 atom stereocenters. The molecule has 1 saturated heterocycles. The fraction of sp³-hybridized carbons (Fsp3) is 0.900. The van der Waals surface area contributed by atoms with Crippen LogP contribution in [0.3, 0.4) is 0 Å². The van der Waals surface area contributed by atoms with Crippen LogP contribution in [-0.4, -0.2) is 30.0 Å². The summed E-state index contributed by atoms with van der Waals surface area (Å²) in [7, 11) is 0. The number of nitrogens with two attached hydrogens (primary N) is 1. The van der Waals surface area contributed by atoms with E-state index in [0.29, 0.717) is 13.0 Å². The first kappa shape index (κ1) is 11.5. The lowest BCUT2D eigenvalue weighted by molar-refractivity contribution is -0.135. The highest BCUT2D eigenvalue weighted by Gasteiger charge is 2.22. The summed E-state index contributed by atoms with van der Waals surface area (Å²) >= 11 is 0. The van der Waals surface area contributed by atoms with Gasteiger partial charge in [0.1, 0.15) is 0 Å². The van der Waals surface area contributed by atoms with Crippen molar-refractivity contribution in [3.63, 3.8) is 0 Å². The zero-order chi connectivity index (χ0) is 10.4. The minimum Gasteiger partial charge on any atom is -0.340 e. The second kappa shape index (κ2) is 5.98. The largest absolute Gasteiger partial charge is 0.340 e. The van der Waals surface area contributed by atoms with Gasteiger partial charge in [-0.15, -0.1) is 0 Å². The summed E-state index contributed by atoms with van der Waals surface area (Å²) in [5.74, 6) is 5.37. The van der Waals surface area contributed by atoms with E-state index in [1.54, 1.807) is 0 Å². The van der Waals surface area contributed by atoms with E-state index in [2.05, 4.69) is 6.92 Å².